The average molecular weight is 283 g/mol. The van der Waals surface area contributed by atoms with Crippen LogP contribution in [0.1, 0.15) is 43.9 Å². The number of hydrogen-bond donors (Lipinski definition) is 1. The van der Waals surface area contributed by atoms with Crippen molar-refractivity contribution in [3.63, 3.8) is 0 Å². The van der Waals surface area contributed by atoms with E-state index in [0.717, 1.165) is 22.9 Å². The number of rotatable bonds is 1. The van der Waals surface area contributed by atoms with Gasteiger partial charge in [-0.3, -0.25) is 0 Å². The predicted octanol–water partition coefficient (Wildman–Crippen LogP) is 4.09. The van der Waals surface area contributed by atoms with Crippen molar-refractivity contribution in [3.8, 4) is 0 Å². The highest BCUT2D eigenvalue weighted by molar-refractivity contribution is 9.10. The Morgan fingerprint density at radius 3 is 2.81 bits per heavy atom. The van der Waals surface area contributed by atoms with Crippen LogP contribution in [0.4, 0.5) is 0 Å². The van der Waals surface area contributed by atoms with Crippen molar-refractivity contribution in [3.05, 3.63) is 33.8 Å². The van der Waals surface area contributed by atoms with Crippen LogP contribution in [0.15, 0.2) is 22.7 Å². The summed E-state index contributed by atoms with van der Waals surface area (Å²) < 4.78 is 1.15. The Labute approximate surface area is 106 Å². The van der Waals surface area contributed by atoms with Crippen molar-refractivity contribution in [2.24, 2.45) is 11.8 Å². The Hall–Kier alpha value is -0.340. The number of aliphatic hydroxyl groups is 1. The maximum Gasteiger partial charge on any atom is 0.0795 e. The van der Waals surface area contributed by atoms with Crippen LogP contribution in [0.5, 0.6) is 0 Å². The molecule has 0 saturated heterocycles. The molecule has 0 radical (unpaired) electrons. The van der Waals surface area contributed by atoms with Crippen LogP contribution in [0.25, 0.3) is 0 Å². The Morgan fingerprint density at radius 1 is 1.38 bits per heavy atom. The van der Waals surface area contributed by atoms with E-state index in [1.165, 1.54) is 12.0 Å². The number of aliphatic hydroxyl groups excluding tert-OH is 1. The molecular weight excluding hydrogens is 264 g/mol. The van der Waals surface area contributed by atoms with E-state index in [0.29, 0.717) is 11.8 Å². The fourth-order valence-corrected chi connectivity index (χ4v) is 3.20. The molecule has 0 unspecified atom stereocenters. The van der Waals surface area contributed by atoms with Gasteiger partial charge in [-0.15, -0.1) is 0 Å². The van der Waals surface area contributed by atoms with Gasteiger partial charge in [0.1, 0.15) is 0 Å². The van der Waals surface area contributed by atoms with Crippen LogP contribution < -0.4 is 0 Å². The van der Waals surface area contributed by atoms with Gasteiger partial charge in [0, 0.05) is 4.47 Å². The monoisotopic (exact) mass is 282 g/mol. The Morgan fingerprint density at radius 2 is 2.12 bits per heavy atom. The third kappa shape index (κ3) is 2.33. The molecule has 0 saturated carbocycles. The van der Waals surface area contributed by atoms with Crippen molar-refractivity contribution in [1.29, 1.82) is 0 Å². The minimum atomic E-state index is -0.289. The first kappa shape index (κ1) is 12.1. The maximum atomic E-state index is 10.3. The number of fused-ring (bicyclic) bond motifs is 1. The molecule has 1 nitrogen and oxygen atoms in total. The van der Waals surface area contributed by atoms with Gasteiger partial charge in [-0.25, -0.2) is 0 Å². The molecule has 0 aromatic heterocycles. The molecule has 0 bridgehead atoms. The molecule has 2 heteroatoms. The number of halogens is 1. The van der Waals surface area contributed by atoms with Crippen LogP contribution in [-0.4, -0.2) is 5.11 Å². The zero-order chi connectivity index (χ0) is 11.7. The average Bonchev–Trinajstić information content (AvgIpc) is 2.40. The van der Waals surface area contributed by atoms with Gasteiger partial charge >= 0.3 is 0 Å². The maximum absolute atomic E-state index is 10.3. The predicted molar refractivity (Wildman–Crippen MR) is 70.4 cm³/mol. The molecule has 0 amide bonds. The summed E-state index contributed by atoms with van der Waals surface area (Å²) in [6, 6.07) is 6.15. The molecule has 1 aliphatic carbocycles. The number of hydrogen-bond acceptors (Lipinski definition) is 1. The molecule has 2 atom stereocenters. The van der Waals surface area contributed by atoms with Crippen LogP contribution >= 0.6 is 15.9 Å². The van der Waals surface area contributed by atoms with Gasteiger partial charge < -0.3 is 5.11 Å². The fraction of sp³-hybridized carbons (Fsp3) is 0.571. The highest BCUT2D eigenvalue weighted by Gasteiger charge is 2.25. The molecule has 0 spiro atoms. The van der Waals surface area contributed by atoms with Crippen molar-refractivity contribution < 1.29 is 5.11 Å². The number of benzene rings is 1. The zero-order valence-electron chi connectivity index (χ0n) is 9.91. The van der Waals surface area contributed by atoms with E-state index >= 15 is 0 Å². The van der Waals surface area contributed by atoms with Gasteiger partial charge in [-0.05, 0) is 48.3 Å². The van der Waals surface area contributed by atoms with E-state index in [1.54, 1.807) is 0 Å². The Bertz CT molecular complexity index is 373. The standard InChI is InChI=1S/C14H19BrO/c1-9(2)10-6-7-11-12(14(16)8-10)4-3-5-13(11)15/h3-5,9-10,14,16H,6-8H2,1-2H3/t10-,14-/m0/s1. The minimum Gasteiger partial charge on any atom is -0.388 e. The lowest BCUT2D eigenvalue weighted by Crippen LogP contribution is -2.11. The van der Waals surface area contributed by atoms with E-state index in [1.807, 2.05) is 6.07 Å². The first-order chi connectivity index (χ1) is 7.59. The molecule has 1 aliphatic rings. The van der Waals surface area contributed by atoms with Crippen molar-refractivity contribution >= 4 is 15.9 Å². The summed E-state index contributed by atoms with van der Waals surface area (Å²) in [7, 11) is 0. The van der Waals surface area contributed by atoms with Gasteiger partial charge in [-0.2, -0.15) is 0 Å². The van der Waals surface area contributed by atoms with Gasteiger partial charge in [0.15, 0.2) is 0 Å². The molecule has 1 aromatic carbocycles. The third-order valence-corrected chi connectivity index (χ3v) is 4.49. The lowest BCUT2D eigenvalue weighted by atomic mass is 9.88. The summed E-state index contributed by atoms with van der Waals surface area (Å²) in [6.07, 6.45) is 2.88. The smallest absolute Gasteiger partial charge is 0.0795 e. The van der Waals surface area contributed by atoms with Crippen molar-refractivity contribution in [1.82, 2.24) is 0 Å². The van der Waals surface area contributed by atoms with Gasteiger partial charge in [0.2, 0.25) is 0 Å². The fourth-order valence-electron chi connectivity index (χ4n) is 2.62. The largest absolute Gasteiger partial charge is 0.388 e. The second-order valence-corrected chi connectivity index (χ2v) is 5.96. The molecule has 16 heavy (non-hydrogen) atoms. The summed E-state index contributed by atoms with van der Waals surface area (Å²) in [5.74, 6) is 1.29. The molecule has 1 aromatic rings. The summed E-state index contributed by atoms with van der Waals surface area (Å²) >= 11 is 3.59. The normalized spacial score (nSPS) is 25.3. The molecule has 0 aliphatic heterocycles. The summed E-state index contributed by atoms with van der Waals surface area (Å²) in [5.41, 5.74) is 2.43. The molecule has 2 rings (SSSR count). The molecule has 0 heterocycles. The second kappa shape index (κ2) is 4.89. The molecule has 1 N–H and O–H groups in total. The molecule has 88 valence electrons. The van der Waals surface area contributed by atoms with Gasteiger partial charge in [-0.1, -0.05) is 41.9 Å². The van der Waals surface area contributed by atoms with Gasteiger partial charge in [0.05, 0.1) is 6.10 Å². The van der Waals surface area contributed by atoms with Gasteiger partial charge in [0.25, 0.3) is 0 Å². The van der Waals surface area contributed by atoms with Crippen LogP contribution in [0.3, 0.4) is 0 Å². The van der Waals surface area contributed by atoms with Crippen LogP contribution in [0, 0.1) is 11.8 Å². The lowest BCUT2D eigenvalue weighted by molar-refractivity contribution is 0.132. The zero-order valence-corrected chi connectivity index (χ0v) is 11.5. The van der Waals surface area contributed by atoms with E-state index in [2.05, 4.69) is 41.9 Å². The summed E-state index contributed by atoms with van der Waals surface area (Å²) in [6.45, 7) is 4.50. The molecular formula is C14H19BrO. The summed E-state index contributed by atoms with van der Waals surface area (Å²) in [4.78, 5) is 0. The minimum absolute atomic E-state index is 0.289. The molecule has 0 fully saturated rings. The van der Waals surface area contributed by atoms with Crippen LogP contribution in [-0.2, 0) is 6.42 Å². The van der Waals surface area contributed by atoms with Crippen molar-refractivity contribution in [2.45, 2.75) is 39.2 Å². The highest BCUT2D eigenvalue weighted by atomic mass is 79.9. The van der Waals surface area contributed by atoms with E-state index in [4.69, 9.17) is 0 Å². The SMILES string of the molecule is CC(C)[C@H]1CCc2c(Br)cccc2[C@@H](O)C1. The topological polar surface area (TPSA) is 20.2 Å². The van der Waals surface area contributed by atoms with Crippen LogP contribution in [0.2, 0.25) is 0 Å². The quantitative estimate of drug-likeness (QED) is 0.770. The first-order valence-corrected chi connectivity index (χ1v) is 6.84. The van der Waals surface area contributed by atoms with E-state index < -0.39 is 0 Å². The third-order valence-electron chi connectivity index (χ3n) is 3.75. The highest BCUT2D eigenvalue weighted by Crippen LogP contribution is 2.37. The summed E-state index contributed by atoms with van der Waals surface area (Å²) in [5, 5.41) is 10.3. The van der Waals surface area contributed by atoms with E-state index in [9.17, 15) is 5.11 Å². The van der Waals surface area contributed by atoms with E-state index in [-0.39, 0.29) is 6.10 Å². The van der Waals surface area contributed by atoms with Crippen molar-refractivity contribution in [2.75, 3.05) is 0 Å². The Kier molecular flexibility index (Phi) is 3.70. The lowest BCUT2D eigenvalue weighted by Gasteiger charge is -2.20. The second-order valence-electron chi connectivity index (χ2n) is 5.10. The Balaban J connectivity index is 2.32. The first-order valence-electron chi connectivity index (χ1n) is 6.05.